The van der Waals surface area contributed by atoms with E-state index in [-0.39, 0.29) is 23.1 Å². The Kier molecular flexibility index (Phi) is 14.8. The summed E-state index contributed by atoms with van der Waals surface area (Å²) in [5.41, 5.74) is 8.93. The first-order valence-corrected chi connectivity index (χ1v) is 17.8. The average molecular weight is 699 g/mol. The molecule has 1 fully saturated rings. The number of halogens is 1. The van der Waals surface area contributed by atoms with Gasteiger partial charge in [-0.3, -0.25) is 9.59 Å². The van der Waals surface area contributed by atoms with Crippen molar-refractivity contribution < 1.29 is 13.9 Å². The van der Waals surface area contributed by atoms with Crippen LogP contribution in [0, 0.1) is 5.82 Å². The second kappa shape index (κ2) is 18.5. The van der Waals surface area contributed by atoms with Gasteiger partial charge in [0.1, 0.15) is 17.3 Å². The highest BCUT2D eigenvalue weighted by atomic mass is 19.1. The topological polar surface area (TPSA) is 115 Å². The van der Waals surface area contributed by atoms with E-state index in [0.717, 1.165) is 30.6 Å². The number of hydrogen-bond acceptors (Lipinski definition) is 7. The number of pyridine rings is 1. The van der Waals surface area contributed by atoms with Gasteiger partial charge in [-0.05, 0) is 90.9 Å². The number of primary amides is 1. The number of hydrogen-bond donors (Lipinski definition) is 2. The maximum Gasteiger partial charge on any atom is 0.282 e. The van der Waals surface area contributed by atoms with Crippen molar-refractivity contribution >= 4 is 28.1 Å². The first-order valence-electron chi connectivity index (χ1n) is 17.8. The van der Waals surface area contributed by atoms with Crippen molar-refractivity contribution in [1.29, 1.82) is 0 Å². The van der Waals surface area contributed by atoms with Crippen LogP contribution in [0.2, 0.25) is 0 Å². The molecule has 0 saturated carbocycles. The molecule has 1 aliphatic heterocycles. The number of rotatable bonds is 10. The maximum atomic E-state index is 15.4. The number of likely N-dealkylation sites (tertiary alicyclic amines) is 1. The van der Waals surface area contributed by atoms with Gasteiger partial charge in [-0.15, -0.1) is 0 Å². The van der Waals surface area contributed by atoms with Gasteiger partial charge in [-0.1, -0.05) is 79.7 Å². The number of benzene rings is 2. The number of nitrogens with zero attached hydrogens (tertiary/aromatic N) is 4. The second-order valence-electron chi connectivity index (χ2n) is 13.5. The molecule has 3 N–H and O–H groups in total. The molecule has 0 aliphatic carbocycles. The quantitative estimate of drug-likeness (QED) is 0.127. The molecular weight excluding hydrogens is 643 g/mol. The van der Waals surface area contributed by atoms with E-state index in [1.165, 1.54) is 23.4 Å². The van der Waals surface area contributed by atoms with Gasteiger partial charge in [0.25, 0.3) is 11.5 Å². The van der Waals surface area contributed by atoms with E-state index >= 15 is 4.39 Å². The van der Waals surface area contributed by atoms with Gasteiger partial charge >= 0.3 is 0 Å². The predicted molar refractivity (Wildman–Crippen MR) is 208 cm³/mol. The number of nitrogens with one attached hydrogen (secondary N) is 1. The van der Waals surface area contributed by atoms with E-state index in [9.17, 15) is 9.59 Å². The van der Waals surface area contributed by atoms with Crippen LogP contribution in [0.5, 0.6) is 0 Å². The third-order valence-electron chi connectivity index (χ3n) is 8.38. The highest BCUT2D eigenvalue weighted by Gasteiger charge is 2.23. The van der Waals surface area contributed by atoms with Crippen molar-refractivity contribution in [2.45, 2.75) is 86.2 Å². The number of likely N-dealkylation sites (N-methyl/N-ethyl adjacent to an activating group) is 1. The molecule has 2 aromatic heterocycles. The van der Waals surface area contributed by atoms with Crippen LogP contribution in [0.4, 0.5) is 10.2 Å². The molecule has 9 nitrogen and oxygen atoms in total. The van der Waals surface area contributed by atoms with Crippen LogP contribution in [0.25, 0.3) is 22.0 Å². The van der Waals surface area contributed by atoms with E-state index in [4.69, 9.17) is 10.5 Å². The van der Waals surface area contributed by atoms with Crippen molar-refractivity contribution in [2.75, 3.05) is 32.1 Å². The van der Waals surface area contributed by atoms with E-state index in [2.05, 4.69) is 47.8 Å². The van der Waals surface area contributed by atoms with Gasteiger partial charge in [0.2, 0.25) is 0 Å². The van der Waals surface area contributed by atoms with E-state index in [1.54, 1.807) is 24.3 Å². The van der Waals surface area contributed by atoms with Crippen LogP contribution in [0.3, 0.4) is 0 Å². The molecule has 1 amide bonds. The van der Waals surface area contributed by atoms with Gasteiger partial charge in [0, 0.05) is 30.3 Å². The lowest BCUT2D eigenvalue weighted by atomic mass is 9.86. The Hall–Kier alpha value is -4.67. The molecule has 51 heavy (non-hydrogen) atoms. The zero-order chi connectivity index (χ0) is 37.9. The summed E-state index contributed by atoms with van der Waals surface area (Å²) in [6.45, 7) is 22.8. The van der Waals surface area contributed by atoms with Crippen molar-refractivity contribution in [3.05, 3.63) is 112 Å². The fourth-order valence-electron chi connectivity index (χ4n) is 5.75. The average Bonchev–Trinajstić information content (AvgIpc) is 3.54. The molecule has 1 unspecified atom stereocenters. The fourth-order valence-corrected chi connectivity index (χ4v) is 5.75. The third kappa shape index (κ3) is 10.2. The number of carbonyl (C=O) groups is 1. The maximum absolute atomic E-state index is 15.4. The fraction of sp³-hybridized carbons (Fsp3) is 0.415. The van der Waals surface area contributed by atoms with E-state index in [0.29, 0.717) is 46.1 Å². The highest BCUT2D eigenvalue weighted by Crippen LogP contribution is 2.30. The number of amides is 1. The largest absolute Gasteiger partial charge is 0.377 e. The minimum absolute atomic E-state index is 0.0480. The van der Waals surface area contributed by atoms with Gasteiger partial charge < -0.3 is 20.7 Å². The Bertz CT molecular complexity index is 1890. The number of allylic oxidation sites excluding steroid dienone is 2. The normalized spacial score (nSPS) is 14.7. The summed E-state index contributed by atoms with van der Waals surface area (Å²) in [6.07, 6.45) is 7.20. The zero-order valence-corrected chi connectivity index (χ0v) is 31.8. The summed E-state index contributed by atoms with van der Waals surface area (Å²) < 4.78 is 22.4. The molecule has 0 radical (unpaired) electrons. The minimum atomic E-state index is -0.690. The number of aromatic nitrogens is 3. The summed E-state index contributed by atoms with van der Waals surface area (Å²) >= 11 is 0. The lowest BCUT2D eigenvalue weighted by Gasteiger charge is -2.20. The van der Waals surface area contributed by atoms with Gasteiger partial charge in [-0.25, -0.2) is 9.37 Å². The zero-order valence-electron chi connectivity index (χ0n) is 31.8. The molecule has 274 valence electrons. The Morgan fingerprint density at radius 2 is 1.84 bits per heavy atom. The number of nitrogens with two attached hydrogens (primary N) is 1. The molecule has 4 aromatic rings. The predicted octanol–water partition coefficient (Wildman–Crippen LogP) is 8.11. The molecule has 1 atom stereocenters. The van der Waals surface area contributed by atoms with Gasteiger partial charge in [-0.2, -0.15) is 9.78 Å². The molecule has 0 bridgehead atoms. The summed E-state index contributed by atoms with van der Waals surface area (Å²) in [6, 6.07) is 12.3. The molecular formula is C41H55FN6O3. The minimum Gasteiger partial charge on any atom is -0.377 e. The lowest BCUT2D eigenvalue weighted by molar-refractivity contribution is -0.114. The van der Waals surface area contributed by atoms with Crippen molar-refractivity contribution in [3.63, 3.8) is 0 Å². The summed E-state index contributed by atoms with van der Waals surface area (Å²) in [4.78, 5) is 33.0. The Labute approximate surface area is 302 Å². The number of fused-ring (bicyclic) bond motifs is 1. The van der Waals surface area contributed by atoms with Crippen LogP contribution in [-0.2, 0) is 21.6 Å². The van der Waals surface area contributed by atoms with Crippen LogP contribution in [0.1, 0.15) is 96.4 Å². The number of anilines is 1. The standard InChI is InChI=1S/C36H41FN6O3.C3H8.C2H6/c1-7-46-21-28-27(22(2)15-30(34(38)44)41-32-12-11-23(18-39-32)24-13-14-42(6)20-24)9-8-10-31(28)43-35(45)33-25(19-40-43)16-26(17-29(33)37)36(3,4)5;1-3-2;1-2/h8-12,15-19,24H,2,7,13-14,20-21H2,1,3-6H3,(H2,38,44)(H,39,41);3H2,1-2H3;1-2H3/b30-15+;;. The van der Waals surface area contributed by atoms with Gasteiger partial charge in [0.15, 0.2) is 0 Å². The van der Waals surface area contributed by atoms with Crippen molar-refractivity contribution in [1.82, 2.24) is 19.7 Å². The Balaban J connectivity index is 0.00000133. The smallest absolute Gasteiger partial charge is 0.282 e. The van der Waals surface area contributed by atoms with Crippen LogP contribution < -0.4 is 16.6 Å². The number of ether oxygens (including phenoxy) is 1. The first-order chi connectivity index (χ1) is 24.3. The molecule has 1 saturated heterocycles. The van der Waals surface area contributed by atoms with Gasteiger partial charge in [0.05, 0.1) is 23.9 Å². The first kappa shape index (κ1) is 40.8. The van der Waals surface area contributed by atoms with Crippen molar-refractivity contribution in [2.24, 2.45) is 5.73 Å². The summed E-state index contributed by atoms with van der Waals surface area (Å²) in [5, 5.41) is 7.84. The lowest BCUT2D eigenvalue weighted by Crippen LogP contribution is -2.24. The summed E-state index contributed by atoms with van der Waals surface area (Å²) in [7, 11) is 2.11. The summed E-state index contributed by atoms with van der Waals surface area (Å²) in [5.74, 6) is -0.396. The molecule has 3 heterocycles. The monoisotopic (exact) mass is 698 g/mol. The molecule has 2 aromatic carbocycles. The van der Waals surface area contributed by atoms with Crippen molar-refractivity contribution in [3.8, 4) is 5.69 Å². The molecule has 0 spiro atoms. The van der Waals surface area contributed by atoms with Crippen LogP contribution in [-0.4, -0.2) is 52.3 Å². The highest BCUT2D eigenvalue weighted by molar-refractivity contribution is 5.98. The molecule has 1 aliphatic rings. The molecule has 10 heteroatoms. The number of carbonyl (C=O) groups excluding carboxylic acids is 1. The second-order valence-corrected chi connectivity index (χ2v) is 13.5. The Morgan fingerprint density at radius 1 is 1.14 bits per heavy atom. The van der Waals surface area contributed by atoms with E-state index < -0.39 is 17.3 Å². The van der Waals surface area contributed by atoms with E-state index in [1.807, 2.05) is 65.9 Å². The van der Waals surface area contributed by atoms with Crippen LogP contribution in [0.15, 0.2) is 78.0 Å². The molecule has 5 rings (SSSR count). The SMILES string of the molecule is C=C(/C=C(/Nc1ccc(C2CCN(C)C2)cn1)C(N)=O)c1cccc(-n2ncc3cc(C(C)(C)C)cc(F)c3c2=O)c1COCC.CC.CCC. The van der Waals surface area contributed by atoms with Crippen LogP contribution >= 0.6 is 0 Å². The Morgan fingerprint density at radius 3 is 2.41 bits per heavy atom. The third-order valence-corrected chi connectivity index (χ3v) is 8.38.